The topological polar surface area (TPSA) is 48.6 Å². The SMILES string of the molecule is CCCc1ccc(C=NCC(=N)CN=Cc2ccc(CCC)cc2)cc1. The maximum Gasteiger partial charge on any atom is 0.0784 e. The van der Waals surface area contributed by atoms with Crippen LogP contribution in [-0.2, 0) is 12.8 Å². The summed E-state index contributed by atoms with van der Waals surface area (Å²) in [7, 11) is 0. The fraction of sp³-hybridized carbons (Fsp3) is 0.348. The molecule has 0 radical (unpaired) electrons. The Kier molecular flexibility index (Phi) is 8.47. The lowest BCUT2D eigenvalue weighted by Gasteiger charge is -2.00. The number of nitrogens with zero attached hydrogens (tertiary/aromatic N) is 2. The van der Waals surface area contributed by atoms with Gasteiger partial charge in [0.05, 0.1) is 18.8 Å². The van der Waals surface area contributed by atoms with Crippen LogP contribution in [0, 0.1) is 5.41 Å². The van der Waals surface area contributed by atoms with Crippen molar-refractivity contribution in [2.75, 3.05) is 13.1 Å². The molecule has 0 saturated carbocycles. The van der Waals surface area contributed by atoms with Crippen LogP contribution in [0.2, 0.25) is 0 Å². The van der Waals surface area contributed by atoms with Gasteiger partial charge in [-0.3, -0.25) is 9.98 Å². The van der Waals surface area contributed by atoms with Crippen LogP contribution in [0.5, 0.6) is 0 Å². The molecule has 0 amide bonds. The summed E-state index contributed by atoms with van der Waals surface area (Å²) in [5.74, 6) is 0. The molecular formula is C23H29N3. The van der Waals surface area contributed by atoms with Crippen molar-refractivity contribution in [1.82, 2.24) is 0 Å². The van der Waals surface area contributed by atoms with Gasteiger partial charge < -0.3 is 5.41 Å². The van der Waals surface area contributed by atoms with E-state index in [4.69, 9.17) is 5.41 Å². The Balaban J connectivity index is 1.75. The maximum atomic E-state index is 7.97. The molecule has 2 aromatic carbocycles. The number of hydrogen-bond donors (Lipinski definition) is 1. The molecule has 0 aliphatic rings. The Morgan fingerprint density at radius 2 is 1.12 bits per heavy atom. The highest BCUT2D eigenvalue weighted by molar-refractivity contribution is 5.90. The van der Waals surface area contributed by atoms with Crippen molar-refractivity contribution in [3.63, 3.8) is 0 Å². The van der Waals surface area contributed by atoms with E-state index in [9.17, 15) is 0 Å². The highest BCUT2D eigenvalue weighted by atomic mass is 14.8. The lowest BCUT2D eigenvalue weighted by molar-refractivity contribution is 0.922. The van der Waals surface area contributed by atoms with E-state index in [0.29, 0.717) is 18.8 Å². The summed E-state index contributed by atoms with van der Waals surface area (Å²) in [6.07, 6.45) is 8.21. The van der Waals surface area contributed by atoms with Crippen LogP contribution in [-0.4, -0.2) is 31.2 Å². The fourth-order valence-electron chi connectivity index (χ4n) is 2.69. The molecule has 0 aliphatic carbocycles. The number of rotatable bonds is 10. The van der Waals surface area contributed by atoms with E-state index in [1.807, 2.05) is 12.4 Å². The molecule has 2 aromatic rings. The minimum absolute atomic E-state index is 0.392. The van der Waals surface area contributed by atoms with Crippen LogP contribution < -0.4 is 0 Å². The smallest absolute Gasteiger partial charge is 0.0784 e. The second-order valence-corrected chi connectivity index (χ2v) is 6.53. The van der Waals surface area contributed by atoms with Crippen LogP contribution in [0.25, 0.3) is 0 Å². The first-order valence-corrected chi connectivity index (χ1v) is 9.45. The van der Waals surface area contributed by atoms with Gasteiger partial charge in [0.1, 0.15) is 0 Å². The van der Waals surface area contributed by atoms with Crippen molar-refractivity contribution in [1.29, 1.82) is 5.41 Å². The summed E-state index contributed by atoms with van der Waals surface area (Å²) in [5, 5.41) is 7.97. The number of aliphatic imine (C=N–C) groups is 2. The van der Waals surface area contributed by atoms with Crippen molar-refractivity contribution in [2.24, 2.45) is 9.98 Å². The van der Waals surface area contributed by atoms with Crippen LogP contribution in [0.1, 0.15) is 48.9 Å². The van der Waals surface area contributed by atoms with Crippen LogP contribution in [0.3, 0.4) is 0 Å². The zero-order valence-electron chi connectivity index (χ0n) is 15.9. The molecule has 0 fully saturated rings. The molecule has 0 spiro atoms. The van der Waals surface area contributed by atoms with Gasteiger partial charge in [0.25, 0.3) is 0 Å². The van der Waals surface area contributed by atoms with Crippen LogP contribution in [0.4, 0.5) is 0 Å². The lowest BCUT2D eigenvalue weighted by Crippen LogP contribution is -2.06. The molecule has 0 unspecified atom stereocenters. The van der Waals surface area contributed by atoms with E-state index in [2.05, 4.69) is 72.4 Å². The second kappa shape index (κ2) is 11.1. The highest BCUT2D eigenvalue weighted by Gasteiger charge is 1.95. The van der Waals surface area contributed by atoms with Crippen molar-refractivity contribution in [2.45, 2.75) is 39.5 Å². The van der Waals surface area contributed by atoms with E-state index in [-0.39, 0.29) is 0 Å². The number of benzene rings is 2. The molecule has 0 bridgehead atoms. The molecule has 26 heavy (non-hydrogen) atoms. The first kappa shape index (κ1) is 19.8. The molecule has 3 nitrogen and oxygen atoms in total. The number of nitrogens with one attached hydrogen (secondary N) is 1. The summed E-state index contributed by atoms with van der Waals surface area (Å²) in [4.78, 5) is 8.70. The van der Waals surface area contributed by atoms with Gasteiger partial charge in [-0.2, -0.15) is 0 Å². The van der Waals surface area contributed by atoms with Crippen LogP contribution >= 0.6 is 0 Å². The zero-order valence-corrected chi connectivity index (χ0v) is 15.9. The third kappa shape index (κ3) is 7.14. The Bertz CT molecular complexity index is 662. The predicted octanol–water partition coefficient (Wildman–Crippen LogP) is 5.15. The van der Waals surface area contributed by atoms with Crippen molar-refractivity contribution in [3.05, 3.63) is 70.8 Å². The van der Waals surface area contributed by atoms with E-state index in [1.54, 1.807) is 0 Å². The third-order valence-corrected chi connectivity index (χ3v) is 4.08. The minimum Gasteiger partial charge on any atom is -0.306 e. The van der Waals surface area contributed by atoms with Gasteiger partial charge in [-0.25, -0.2) is 0 Å². The first-order valence-electron chi connectivity index (χ1n) is 9.45. The lowest BCUT2D eigenvalue weighted by atomic mass is 10.1. The molecule has 136 valence electrons. The van der Waals surface area contributed by atoms with Crippen molar-refractivity contribution >= 4 is 18.1 Å². The Labute approximate surface area is 157 Å². The molecule has 2 rings (SSSR count). The predicted molar refractivity (Wildman–Crippen MR) is 114 cm³/mol. The highest BCUT2D eigenvalue weighted by Crippen LogP contribution is 2.06. The van der Waals surface area contributed by atoms with Gasteiger partial charge in [-0.15, -0.1) is 0 Å². The molecule has 0 aliphatic heterocycles. The quantitative estimate of drug-likeness (QED) is 0.578. The summed E-state index contributed by atoms with van der Waals surface area (Å²) in [5.41, 5.74) is 5.38. The largest absolute Gasteiger partial charge is 0.306 e. The normalized spacial score (nSPS) is 11.5. The first-order chi connectivity index (χ1) is 12.7. The van der Waals surface area contributed by atoms with Crippen LogP contribution in [0.15, 0.2) is 58.5 Å². The third-order valence-electron chi connectivity index (χ3n) is 4.08. The van der Waals surface area contributed by atoms with Crippen molar-refractivity contribution in [3.8, 4) is 0 Å². The van der Waals surface area contributed by atoms with Gasteiger partial charge in [-0.1, -0.05) is 75.2 Å². The molecular weight excluding hydrogens is 318 g/mol. The molecule has 0 aromatic heterocycles. The summed E-state index contributed by atoms with van der Waals surface area (Å²) in [6, 6.07) is 16.9. The molecule has 0 atom stereocenters. The molecule has 0 saturated heterocycles. The summed E-state index contributed by atoms with van der Waals surface area (Å²) >= 11 is 0. The molecule has 3 heteroatoms. The second-order valence-electron chi connectivity index (χ2n) is 6.53. The summed E-state index contributed by atoms with van der Waals surface area (Å²) < 4.78 is 0. The average Bonchev–Trinajstić information content (AvgIpc) is 2.65. The van der Waals surface area contributed by atoms with E-state index in [1.165, 1.54) is 11.1 Å². The standard InChI is InChI=1S/C23H29N3/c1-3-5-19-7-11-21(12-8-19)15-25-17-23(24)18-26-16-22-13-9-20(6-4-2)10-14-22/h7-16,24H,3-6,17-18H2,1-2H3. The zero-order chi connectivity index (χ0) is 18.6. The summed E-state index contributed by atoms with van der Waals surface area (Å²) in [6.45, 7) is 5.16. The Morgan fingerprint density at radius 3 is 1.46 bits per heavy atom. The Hall–Kier alpha value is -2.55. The molecule has 0 heterocycles. The fourth-order valence-corrected chi connectivity index (χ4v) is 2.69. The monoisotopic (exact) mass is 347 g/mol. The number of hydrogen-bond acceptors (Lipinski definition) is 3. The number of aryl methyl sites for hydroxylation is 2. The van der Waals surface area contributed by atoms with Gasteiger partial charge in [0, 0.05) is 12.4 Å². The maximum absolute atomic E-state index is 7.97. The molecule has 1 N–H and O–H groups in total. The van der Waals surface area contributed by atoms with Gasteiger partial charge in [0.15, 0.2) is 0 Å². The Morgan fingerprint density at radius 1 is 0.731 bits per heavy atom. The van der Waals surface area contributed by atoms with E-state index >= 15 is 0 Å². The van der Waals surface area contributed by atoms with Gasteiger partial charge in [0.2, 0.25) is 0 Å². The van der Waals surface area contributed by atoms with E-state index < -0.39 is 0 Å². The van der Waals surface area contributed by atoms with E-state index in [0.717, 1.165) is 36.8 Å². The average molecular weight is 348 g/mol. The van der Waals surface area contributed by atoms with Gasteiger partial charge >= 0.3 is 0 Å². The minimum atomic E-state index is 0.392. The van der Waals surface area contributed by atoms with Crippen molar-refractivity contribution < 1.29 is 0 Å². The van der Waals surface area contributed by atoms with Gasteiger partial charge in [-0.05, 0) is 35.1 Å².